The van der Waals surface area contributed by atoms with Gasteiger partial charge in [-0.2, -0.15) is 0 Å². The number of aldehydes is 1. The lowest BCUT2D eigenvalue weighted by molar-refractivity contribution is -0.139. The van der Waals surface area contributed by atoms with E-state index in [1.54, 1.807) is 19.1 Å². The Labute approximate surface area is 114 Å². The molecule has 0 aliphatic carbocycles. The Morgan fingerprint density at radius 1 is 1.39 bits per heavy atom. The highest BCUT2D eigenvalue weighted by molar-refractivity contribution is 6.43. The molecule has 0 saturated heterocycles. The number of carbonyl (C=O) groups is 2. The smallest absolute Gasteiger partial charge is 0.341 e. The molecule has 18 heavy (non-hydrogen) atoms. The van der Waals surface area contributed by atoms with Crippen molar-refractivity contribution in [3.05, 3.63) is 33.3 Å². The van der Waals surface area contributed by atoms with Gasteiger partial charge in [0.05, 0.1) is 5.02 Å². The number of allylic oxidation sites excluding steroid dienone is 1. The molecule has 96 valence electrons. The topological polar surface area (TPSA) is 63.6 Å². The van der Waals surface area contributed by atoms with Gasteiger partial charge < -0.3 is 9.84 Å². The number of aliphatic carboxylic acids is 1. The van der Waals surface area contributed by atoms with Gasteiger partial charge in [-0.3, -0.25) is 4.79 Å². The van der Waals surface area contributed by atoms with Crippen LogP contribution in [-0.4, -0.2) is 24.0 Å². The van der Waals surface area contributed by atoms with E-state index in [1.807, 2.05) is 0 Å². The fraction of sp³-hybridized carbons (Fsp3) is 0.167. The van der Waals surface area contributed by atoms with Gasteiger partial charge in [-0.25, -0.2) is 4.79 Å². The van der Waals surface area contributed by atoms with Crippen molar-refractivity contribution in [1.82, 2.24) is 0 Å². The zero-order chi connectivity index (χ0) is 13.7. The van der Waals surface area contributed by atoms with Crippen LogP contribution in [0.1, 0.15) is 12.5 Å². The molecule has 0 fully saturated rings. The SMILES string of the molecule is C/C(C=O)=C\c1ccc(OCC(=O)O)c(Cl)c1Cl. The van der Waals surface area contributed by atoms with Gasteiger partial charge in [-0.05, 0) is 36.3 Å². The van der Waals surface area contributed by atoms with E-state index in [2.05, 4.69) is 0 Å². The van der Waals surface area contributed by atoms with Crippen LogP contribution >= 0.6 is 23.2 Å². The quantitative estimate of drug-likeness (QED) is 0.668. The predicted molar refractivity (Wildman–Crippen MR) is 69.3 cm³/mol. The van der Waals surface area contributed by atoms with Crippen molar-refractivity contribution in [2.75, 3.05) is 6.61 Å². The highest BCUT2D eigenvalue weighted by Gasteiger charge is 2.11. The number of rotatable bonds is 5. The minimum Gasteiger partial charge on any atom is -0.480 e. The molecule has 1 aromatic rings. The molecule has 0 aliphatic heterocycles. The Kier molecular flexibility index (Phi) is 5.19. The number of ether oxygens (including phenoxy) is 1. The summed E-state index contributed by atoms with van der Waals surface area (Å²) in [7, 11) is 0. The Balaban J connectivity index is 3.05. The van der Waals surface area contributed by atoms with Crippen LogP contribution in [0.15, 0.2) is 17.7 Å². The van der Waals surface area contributed by atoms with E-state index in [9.17, 15) is 9.59 Å². The average molecular weight is 289 g/mol. The van der Waals surface area contributed by atoms with Crippen LogP contribution in [0.5, 0.6) is 5.75 Å². The summed E-state index contributed by atoms with van der Waals surface area (Å²) in [5, 5.41) is 8.82. The molecule has 6 heteroatoms. The maximum atomic E-state index is 10.5. The fourth-order valence-corrected chi connectivity index (χ4v) is 1.63. The lowest BCUT2D eigenvalue weighted by Crippen LogP contribution is -2.09. The predicted octanol–water partition coefficient (Wildman–Crippen LogP) is 3.06. The van der Waals surface area contributed by atoms with Gasteiger partial charge in [0.15, 0.2) is 6.61 Å². The molecule has 0 spiro atoms. The van der Waals surface area contributed by atoms with E-state index in [4.69, 9.17) is 33.0 Å². The second-order valence-corrected chi connectivity index (χ2v) is 4.23. The van der Waals surface area contributed by atoms with Crippen molar-refractivity contribution < 1.29 is 19.4 Å². The normalized spacial score (nSPS) is 11.2. The molecule has 0 heterocycles. The fourth-order valence-electron chi connectivity index (χ4n) is 1.19. The van der Waals surface area contributed by atoms with E-state index in [1.165, 1.54) is 6.07 Å². The molecule has 0 aromatic heterocycles. The zero-order valence-corrected chi connectivity index (χ0v) is 11.0. The first-order valence-corrected chi connectivity index (χ1v) is 5.67. The first-order valence-electron chi connectivity index (χ1n) is 4.91. The second-order valence-electron chi connectivity index (χ2n) is 3.47. The van der Waals surface area contributed by atoms with Gasteiger partial charge >= 0.3 is 5.97 Å². The number of carboxylic acids is 1. The van der Waals surface area contributed by atoms with E-state index in [-0.39, 0.29) is 15.8 Å². The van der Waals surface area contributed by atoms with Gasteiger partial charge in [-0.1, -0.05) is 23.2 Å². The van der Waals surface area contributed by atoms with Gasteiger partial charge in [0.1, 0.15) is 17.1 Å². The number of carboxylic acid groups (broad SMARTS) is 1. The van der Waals surface area contributed by atoms with Crippen LogP contribution in [0, 0.1) is 0 Å². The molecule has 1 N–H and O–H groups in total. The molecule has 0 radical (unpaired) electrons. The average Bonchev–Trinajstić information content (AvgIpc) is 2.33. The molecule has 0 saturated carbocycles. The van der Waals surface area contributed by atoms with Crippen LogP contribution in [-0.2, 0) is 9.59 Å². The highest BCUT2D eigenvalue weighted by Crippen LogP contribution is 2.35. The number of hydrogen-bond acceptors (Lipinski definition) is 3. The van der Waals surface area contributed by atoms with Crippen LogP contribution < -0.4 is 4.74 Å². The van der Waals surface area contributed by atoms with Crippen molar-refractivity contribution >= 4 is 41.5 Å². The van der Waals surface area contributed by atoms with Crippen LogP contribution in [0.4, 0.5) is 0 Å². The van der Waals surface area contributed by atoms with E-state index >= 15 is 0 Å². The molecular weight excluding hydrogens is 279 g/mol. The van der Waals surface area contributed by atoms with Crippen LogP contribution in [0.2, 0.25) is 10.0 Å². The van der Waals surface area contributed by atoms with E-state index in [0.29, 0.717) is 17.4 Å². The van der Waals surface area contributed by atoms with Crippen molar-refractivity contribution in [1.29, 1.82) is 0 Å². The van der Waals surface area contributed by atoms with Gasteiger partial charge in [0, 0.05) is 0 Å². The molecule has 1 aromatic carbocycles. The Bertz CT molecular complexity index is 509. The molecule has 0 amide bonds. The third kappa shape index (κ3) is 3.75. The van der Waals surface area contributed by atoms with Crippen molar-refractivity contribution in [3.63, 3.8) is 0 Å². The third-order valence-electron chi connectivity index (χ3n) is 2.00. The van der Waals surface area contributed by atoms with Gasteiger partial charge in [-0.15, -0.1) is 0 Å². The molecular formula is C12H10Cl2O4. The second kappa shape index (κ2) is 6.42. The first kappa shape index (κ1) is 14.5. The van der Waals surface area contributed by atoms with E-state index < -0.39 is 12.6 Å². The minimum absolute atomic E-state index is 0.116. The number of hydrogen-bond donors (Lipinski definition) is 1. The van der Waals surface area contributed by atoms with E-state index in [0.717, 1.165) is 0 Å². The van der Waals surface area contributed by atoms with Gasteiger partial charge in [0.2, 0.25) is 0 Å². The summed E-state index contributed by atoms with van der Waals surface area (Å²) in [5.74, 6) is -0.923. The molecule has 0 unspecified atom stereocenters. The monoisotopic (exact) mass is 288 g/mol. The van der Waals surface area contributed by atoms with Crippen molar-refractivity contribution in [2.24, 2.45) is 0 Å². The molecule has 0 bridgehead atoms. The first-order chi connectivity index (χ1) is 8.45. The minimum atomic E-state index is -1.11. The standard InChI is InChI=1S/C12H10Cl2O4/c1-7(5-15)4-8-2-3-9(12(14)11(8)13)18-6-10(16)17/h2-5H,6H2,1H3,(H,16,17)/b7-4+. The van der Waals surface area contributed by atoms with Crippen LogP contribution in [0.25, 0.3) is 6.08 Å². The number of carbonyl (C=O) groups excluding carboxylic acids is 1. The summed E-state index contributed by atoms with van der Waals surface area (Å²) in [6, 6.07) is 3.10. The Hall–Kier alpha value is -1.52. The summed E-state index contributed by atoms with van der Waals surface area (Å²) in [6.45, 7) is 1.13. The molecule has 0 atom stereocenters. The van der Waals surface area contributed by atoms with Crippen LogP contribution in [0.3, 0.4) is 0 Å². The summed E-state index contributed by atoms with van der Waals surface area (Å²) < 4.78 is 4.96. The maximum absolute atomic E-state index is 10.5. The van der Waals surface area contributed by atoms with Crippen molar-refractivity contribution in [3.8, 4) is 5.75 Å². The summed E-state index contributed by atoms with van der Waals surface area (Å²) in [5.41, 5.74) is 1.06. The summed E-state index contributed by atoms with van der Waals surface area (Å²) >= 11 is 11.9. The number of halogens is 2. The third-order valence-corrected chi connectivity index (χ3v) is 2.88. The highest BCUT2D eigenvalue weighted by atomic mass is 35.5. The summed E-state index contributed by atoms with van der Waals surface area (Å²) in [4.78, 5) is 20.9. The largest absolute Gasteiger partial charge is 0.480 e. The van der Waals surface area contributed by atoms with Crippen molar-refractivity contribution in [2.45, 2.75) is 6.92 Å². The Morgan fingerprint density at radius 2 is 2.06 bits per heavy atom. The lowest BCUT2D eigenvalue weighted by atomic mass is 10.1. The molecule has 1 rings (SSSR count). The Morgan fingerprint density at radius 3 is 2.61 bits per heavy atom. The molecule has 4 nitrogen and oxygen atoms in total. The zero-order valence-electron chi connectivity index (χ0n) is 9.44. The molecule has 0 aliphatic rings. The maximum Gasteiger partial charge on any atom is 0.341 e. The summed E-state index contributed by atoms with van der Waals surface area (Å²) in [6.07, 6.45) is 2.27. The number of benzene rings is 1. The lowest BCUT2D eigenvalue weighted by Gasteiger charge is -2.09. The van der Waals surface area contributed by atoms with Gasteiger partial charge in [0.25, 0.3) is 0 Å².